The summed E-state index contributed by atoms with van der Waals surface area (Å²) < 4.78 is 13.6. The monoisotopic (exact) mass is 230 g/mol. The molecule has 0 radical (unpaired) electrons. The third-order valence-electron chi connectivity index (χ3n) is 3.26. The zero-order valence-electron chi connectivity index (χ0n) is 10.4. The molecule has 0 nitrogen and oxygen atoms in total. The van der Waals surface area contributed by atoms with Gasteiger partial charge in [0, 0.05) is 5.39 Å². The summed E-state index contributed by atoms with van der Waals surface area (Å²) in [5.74, 6) is -0.113. The summed E-state index contributed by atoms with van der Waals surface area (Å²) in [4.78, 5) is 0. The normalized spacial score (nSPS) is 10.9. The predicted octanol–water partition coefficient (Wildman–Crippen LogP) is 5.10. The number of aryl methyl sites for hydroxylation is 1. The van der Waals surface area contributed by atoms with Gasteiger partial charge in [-0.3, -0.25) is 0 Å². The zero-order chi connectivity index (χ0) is 12.1. The lowest BCUT2D eigenvalue weighted by atomic mass is 9.99. The summed E-state index contributed by atoms with van der Waals surface area (Å²) in [6, 6.07) is 11.3. The molecule has 90 valence electrons. The highest BCUT2D eigenvalue weighted by Gasteiger charge is 2.03. The molecule has 0 heterocycles. The van der Waals surface area contributed by atoms with E-state index in [2.05, 4.69) is 13.0 Å². The molecular weight excluding hydrogens is 211 g/mol. The van der Waals surface area contributed by atoms with Gasteiger partial charge >= 0.3 is 0 Å². The fraction of sp³-hybridized carbons (Fsp3) is 0.375. The van der Waals surface area contributed by atoms with Crippen LogP contribution in [0.25, 0.3) is 10.8 Å². The Labute approximate surface area is 102 Å². The minimum atomic E-state index is -0.113. The van der Waals surface area contributed by atoms with Crippen molar-refractivity contribution in [2.24, 2.45) is 0 Å². The highest BCUT2D eigenvalue weighted by Crippen LogP contribution is 2.23. The summed E-state index contributed by atoms with van der Waals surface area (Å²) in [6.45, 7) is 2.22. The molecule has 0 aliphatic heterocycles. The Morgan fingerprint density at radius 2 is 1.65 bits per heavy atom. The number of halogens is 1. The van der Waals surface area contributed by atoms with Crippen molar-refractivity contribution in [1.82, 2.24) is 0 Å². The Hall–Kier alpha value is -1.37. The van der Waals surface area contributed by atoms with Gasteiger partial charge in [0.15, 0.2) is 0 Å². The molecule has 0 spiro atoms. The van der Waals surface area contributed by atoms with E-state index in [0.717, 1.165) is 17.2 Å². The van der Waals surface area contributed by atoms with Crippen LogP contribution >= 0.6 is 0 Å². The summed E-state index contributed by atoms with van der Waals surface area (Å²) >= 11 is 0. The van der Waals surface area contributed by atoms with Crippen molar-refractivity contribution in [3.63, 3.8) is 0 Å². The number of hydrogen-bond acceptors (Lipinski definition) is 0. The Morgan fingerprint density at radius 1 is 0.882 bits per heavy atom. The lowest BCUT2D eigenvalue weighted by Gasteiger charge is -2.07. The van der Waals surface area contributed by atoms with Crippen molar-refractivity contribution in [3.8, 4) is 0 Å². The van der Waals surface area contributed by atoms with Gasteiger partial charge in [0.05, 0.1) is 0 Å². The van der Waals surface area contributed by atoms with Crippen molar-refractivity contribution >= 4 is 10.8 Å². The second-order valence-electron chi connectivity index (χ2n) is 4.56. The molecular formula is C16H19F. The van der Waals surface area contributed by atoms with Crippen LogP contribution in [0.1, 0.15) is 38.2 Å². The molecule has 2 aromatic rings. The summed E-state index contributed by atoms with van der Waals surface area (Å²) in [5, 5.41) is 1.82. The molecule has 1 heteroatoms. The van der Waals surface area contributed by atoms with E-state index < -0.39 is 0 Å². The standard InChI is InChI=1S/C16H19F/c1-2-3-4-5-8-13-9-6-11-15-14(13)10-7-12-16(15)17/h6-7,9-12H,2-5,8H2,1H3. The first-order valence-electron chi connectivity index (χ1n) is 6.49. The van der Waals surface area contributed by atoms with E-state index in [4.69, 9.17) is 0 Å². The van der Waals surface area contributed by atoms with Crippen molar-refractivity contribution in [3.05, 3.63) is 47.8 Å². The molecule has 0 aliphatic carbocycles. The number of unbranched alkanes of at least 4 members (excludes halogenated alkanes) is 3. The first kappa shape index (κ1) is 12.1. The molecule has 0 saturated carbocycles. The van der Waals surface area contributed by atoms with Gasteiger partial charge in [-0.25, -0.2) is 4.39 Å². The number of hydrogen-bond donors (Lipinski definition) is 0. The topological polar surface area (TPSA) is 0 Å². The molecule has 0 saturated heterocycles. The lowest BCUT2D eigenvalue weighted by molar-refractivity contribution is 0.639. The van der Waals surface area contributed by atoms with Crippen LogP contribution in [0.3, 0.4) is 0 Å². The number of benzene rings is 2. The largest absolute Gasteiger partial charge is 0.206 e. The van der Waals surface area contributed by atoms with Gasteiger partial charge in [0.2, 0.25) is 0 Å². The molecule has 0 unspecified atom stereocenters. The van der Waals surface area contributed by atoms with Crippen molar-refractivity contribution in [2.75, 3.05) is 0 Å². The third kappa shape index (κ3) is 2.85. The molecule has 17 heavy (non-hydrogen) atoms. The van der Waals surface area contributed by atoms with Gasteiger partial charge in [0.25, 0.3) is 0 Å². The molecule has 0 atom stereocenters. The van der Waals surface area contributed by atoms with Gasteiger partial charge in [-0.1, -0.05) is 56.5 Å². The van der Waals surface area contributed by atoms with E-state index in [-0.39, 0.29) is 5.82 Å². The average molecular weight is 230 g/mol. The van der Waals surface area contributed by atoms with E-state index in [0.29, 0.717) is 0 Å². The Balaban J connectivity index is 2.19. The average Bonchev–Trinajstić information content (AvgIpc) is 2.36. The Bertz CT molecular complexity index is 488. The van der Waals surface area contributed by atoms with Gasteiger partial charge in [-0.2, -0.15) is 0 Å². The van der Waals surface area contributed by atoms with E-state index in [1.165, 1.54) is 37.3 Å². The molecule has 0 aromatic heterocycles. The van der Waals surface area contributed by atoms with Crippen molar-refractivity contribution < 1.29 is 4.39 Å². The second kappa shape index (κ2) is 5.81. The van der Waals surface area contributed by atoms with Crippen molar-refractivity contribution in [1.29, 1.82) is 0 Å². The highest BCUT2D eigenvalue weighted by molar-refractivity contribution is 5.86. The fourth-order valence-corrected chi connectivity index (χ4v) is 2.30. The van der Waals surface area contributed by atoms with Crippen LogP contribution in [0.4, 0.5) is 4.39 Å². The van der Waals surface area contributed by atoms with Gasteiger partial charge in [-0.05, 0) is 29.9 Å². The summed E-state index contributed by atoms with van der Waals surface area (Å²) in [5.41, 5.74) is 1.28. The van der Waals surface area contributed by atoms with Gasteiger partial charge in [-0.15, -0.1) is 0 Å². The quantitative estimate of drug-likeness (QED) is 0.627. The molecule has 0 fully saturated rings. The second-order valence-corrected chi connectivity index (χ2v) is 4.56. The minimum Gasteiger partial charge on any atom is -0.206 e. The van der Waals surface area contributed by atoms with Crippen LogP contribution < -0.4 is 0 Å². The fourth-order valence-electron chi connectivity index (χ4n) is 2.30. The van der Waals surface area contributed by atoms with Crippen LogP contribution in [0.5, 0.6) is 0 Å². The van der Waals surface area contributed by atoms with Crippen molar-refractivity contribution in [2.45, 2.75) is 39.0 Å². The molecule has 2 rings (SSSR count). The van der Waals surface area contributed by atoms with E-state index in [1.54, 1.807) is 6.07 Å². The van der Waals surface area contributed by atoms with Crippen LogP contribution in [0.2, 0.25) is 0 Å². The third-order valence-corrected chi connectivity index (χ3v) is 3.26. The minimum absolute atomic E-state index is 0.113. The first-order chi connectivity index (χ1) is 8.33. The first-order valence-corrected chi connectivity index (χ1v) is 6.49. The Kier molecular flexibility index (Phi) is 4.13. The predicted molar refractivity (Wildman–Crippen MR) is 71.8 cm³/mol. The maximum Gasteiger partial charge on any atom is 0.131 e. The summed E-state index contributed by atoms with van der Waals surface area (Å²) in [6.07, 6.45) is 6.07. The van der Waals surface area contributed by atoms with E-state index >= 15 is 0 Å². The molecule has 0 amide bonds. The van der Waals surface area contributed by atoms with E-state index in [1.807, 2.05) is 18.2 Å². The van der Waals surface area contributed by atoms with Crippen LogP contribution in [0.15, 0.2) is 36.4 Å². The number of fused-ring (bicyclic) bond motifs is 1. The van der Waals surface area contributed by atoms with Gasteiger partial charge < -0.3 is 0 Å². The SMILES string of the molecule is CCCCCCc1cccc2c(F)cccc12. The molecule has 0 aliphatic rings. The highest BCUT2D eigenvalue weighted by atomic mass is 19.1. The molecule has 0 N–H and O–H groups in total. The zero-order valence-corrected chi connectivity index (χ0v) is 10.4. The Morgan fingerprint density at radius 3 is 2.47 bits per heavy atom. The smallest absolute Gasteiger partial charge is 0.131 e. The maximum atomic E-state index is 13.6. The van der Waals surface area contributed by atoms with Gasteiger partial charge in [0.1, 0.15) is 5.82 Å². The number of rotatable bonds is 5. The van der Waals surface area contributed by atoms with Crippen LogP contribution in [-0.2, 0) is 6.42 Å². The summed E-state index contributed by atoms with van der Waals surface area (Å²) in [7, 11) is 0. The van der Waals surface area contributed by atoms with E-state index in [9.17, 15) is 4.39 Å². The van der Waals surface area contributed by atoms with Crippen LogP contribution in [-0.4, -0.2) is 0 Å². The molecule has 0 bridgehead atoms. The molecule has 2 aromatic carbocycles. The maximum absolute atomic E-state index is 13.6. The van der Waals surface area contributed by atoms with Crippen LogP contribution in [0, 0.1) is 5.82 Å². The lowest BCUT2D eigenvalue weighted by Crippen LogP contribution is -1.89.